The Morgan fingerprint density at radius 2 is 1.82 bits per heavy atom. The lowest BCUT2D eigenvalue weighted by atomic mass is 10.1. The van der Waals surface area contributed by atoms with E-state index in [4.69, 9.17) is 21.5 Å². The van der Waals surface area contributed by atoms with Gasteiger partial charge >= 0.3 is 0 Å². The molecule has 40 heavy (non-hydrogen) atoms. The maximum atomic E-state index is 13.1. The summed E-state index contributed by atoms with van der Waals surface area (Å²) in [6, 6.07) is 19.0. The number of halogens is 1. The number of thiazole rings is 1. The van der Waals surface area contributed by atoms with Gasteiger partial charge in [-0.15, -0.1) is 11.3 Å². The van der Waals surface area contributed by atoms with Crippen LogP contribution in [0.3, 0.4) is 0 Å². The van der Waals surface area contributed by atoms with E-state index in [1.54, 1.807) is 53.9 Å². The average molecular weight is 577 g/mol. The summed E-state index contributed by atoms with van der Waals surface area (Å²) in [5, 5.41) is 27.4. The van der Waals surface area contributed by atoms with Gasteiger partial charge in [0.2, 0.25) is 0 Å². The first kappa shape index (κ1) is 26.8. The quantitative estimate of drug-likeness (QED) is 0.190. The standard InChI is InChI=1S/C27H19ClN5O6S/c1-39-21-8-3-2-7-20(21)32-25(35)22(28)23(26(32)36)29-17-11-9-15(10-12-17)24(34)31-27-30-19(14-40-27)16-5-4-6-18(13-16)33(37)38/h2-14,29,37H,1H3,(H,30,31,34)/q-1. The van der Waals surface area contributed by atoms with Crippen molar-refractivity contribution in [3.8, 4) is 17.0 Å². The molecule has 1 aromatic heterocycles. The molecular weight excluding hydrogens is 558 g/mol. The predicted molar refractivity (Wildman–Crippen MR) is 152 cm³/mol. The minimum Gasteiger partial charge on any atom is -0.733 e. The highest BCUT2D eigenvalue weighted by Gasteiger charge is 2.40. The molecule has 0 aliphatic carbocycles. The van der Waals surface area contributed by atoms with E-state index in [2.05, 4.69) is 15.6 Å². The number of para-hydroxylation sites is 2. The van der Waals surface area contributed by atoms with E-state index in [0.717, 1.165) is 4.90 Å². The van der Waals surface area contributed by atoms with E-state index in [1.165, 1.54) is 42.7 Å². The molecule has 5 rings (SSSR count). The Morgan fingerprint density at radius 1 is 1.07 bits per heavy atom. The smallest absolute Gasteiger partial charge is 0.283 e. The van der Waals surface area contributed by atoms with Crippen molar-refractivity contribution in [2.45, 2.75) is 0 Å². The molecule has 0 fully saturated rings. The number of hydrogen-bond acceptors (Lipinski definition) is 10. The number of nitrogens with one attached hydrogen (secondary N) is 2. The van der Waals surface area contributed by atoms with Gasteiger partial charge in [-0.3, -0.25) is 24.9 Å². The Morgan fingerprint density at radius 3 is 2.55 bits per heavy atom. The Hall–Kier alpha value is -4.75. The molecule has 3 N–H and O–H groups in total. The van der Waals surface area contributed by atoms with Crippen LogP contribution in [0.15, 0.2) is 88.9 Å². The number of nitrogens with zero attached hydrogens (tertiary/aromatic N) is 3. The van der Waals surface area contributed by atoms with Gasteiger partial charge in [0.05, 0.1) is 24.2 Å². The molecule has 4 aromatic rings. The Labute approximate surface area is 236 Å². The number of benzene rings is 3. The van der Waals surface area contributed by atoms with Gasteiger partial charge in [-0.2, -0.15) is 0 Å². The molecule has 0 unspecified atom stereocenters. The third kappa shape index (κ3) is 5.24. The second-order valence-corrected chi connectivity index (χ2v) is 9.56. The SMILES string of the molecule is COc1ccccc1N1C(=O)C(Cl)=C(Nc2ccc(C(=O)Nc3nc(-c4cccc(N([O-])O)c4)cs3)cc2)C1=O. The Kier molecular flexibility index (Phi) is 7.49. The van der Waals surface area contributed by atoms with Gasteiger partial charge < -0.3 is 20.5 Å². The van der Waals surface area contributed by atoms with Gasteiger partial charge in [-0.05, 0) is 48.5 Å². The van der Waals surface area contributed by atoms with Crippen LogP contribution in [-0.2, 0) is 9.59 Å². The van der Waals surface area contributed by atoms with Gasteiger partial charge in [0.15, 0.2) is 5.13 Å². The van der Waals surface area contributed by atoms with Crippen molar-refractivity contribution in [3.63, 3.8) is 0 Å². The molecule has 3 aromatic carbocycles. The minimum absolute atomic E-state index is 0.0537. The molecule has 3 amide bonds. The molecule has 0 spiro atoms. The van der Waals surface area contributed by atoms with Crippen LogP contribution in [0, 0.1) is 5.21 Å². The van der Waals surface area contributed by atoms with Crippen molar-refractivity contribution in [1.82, 2.24) is 4.98 Å². The highest BCUT2D eigenvalue weighted by atomic mass is 35.5. The van der Waals surface area contributed by atoms with Crippen molar-refractivity contribution in [1.29, 1.82) is 0 Å². The van der Waals surface area contributed by atoms with Crippen molar-refractivity contribution in [3.05, 3.63) is 99.7 Å². The van der Waals surface area contributed by atoms with E-state index in [-0.39, 0.29) is 27.3 Å². The number of aromatic nitrogens is 1. The molecular formula is C27H19ClN5O6S-. The van der Waals surface area contributed by atoms with Crippen molar-refractivity contribution in [2.24, 2.45) is 0 Å². The summed E-state index contributed by atoms with van der Waals surface area (Å²) in [5.74, 6) is -1.42. The van der Waals surface area contributed by atoms with E-state index in [0.29, 0.717) is 33.4 Å². The lowest BCUT2D eigenvalue weighted by molar-refractivity contribution is -0.120. The summed E-state index contributed by atoms with van der Waals surface area (Å²) >= 11 is 7.41. The van der Waals surface area contributed by atoms with E-state index >= 15 is 0 Å². The fourth-order valence-corrected chi connectivity index (χ4v) is 4.84. The summed E-state index contributed by atoms with van der Waals surface area (Å²) in [6.07, 6.45) is 0. The van der Waals surface area contributed by atoms with Crippen LogP contribution in [-0.4, -0.2) is 35.0 Å². The number of imide groups is 1. The molecule has 0 saturated carbocycles. The van der Waals surface area contributed by atoms with Crippen LogP contribution < -0.4 is 25.5 Å². The zero-order chi connectivity index (χ0) is 28.4. The van der Waals surface area contributed by atoms with Gasteiger partial charge in [0.1, 0.15) is 16.5 Å². The van der Waals surface area contributed by atoms with Crippen LogP contribution in [0.5, 0.6) is 5.75 Å². The largest absolute Gasteiger partial charge is 0.733 e. The fraction of sp³-hybridized carbons (Fsp3) is 0.0370. The predicted octanol–water partition coefficient (Wildman–Crippen LogP) is 5.20. The van der Waals surface area contributed by atoms with Crippen molar-refractivity contribution in [2.75, 3.05) is 27.9 Å². The number of hydrogen-bond donors (Lipinski definition) is 3. The molecule has 0 radical (unpaired) electrons. The Bertz CT molecular complexity index is 1650. The van der Waals surface area contributed by atoms with Crippen LogP contribution in [0.1, 0.15) is 10.4 Å². The van der Waals surface area contributed by atoms with Gasteiger partial charge in [0, 0.05) is 22.2 Å². The summed E-state index contributed by atoms with van der Waals surface area (Å²) in [4.78, 5) is 43.9. The lowest BCUT2D eigenvalue weighted by Crippen LogP contribution is -2.32. The molecule has 1 aliphatic heterocycles. The molecule has 13 heteroatoms. The fourth-order valence-electron chi connectivity index (χ4n) is 3.91. The third-order valence-electron chi connectivity index (χ3n) is 5.86. The van der Waals surface area contributed by atoms with Crippen molar-refractivity contribution < 1.29 is 24.3 Å². The van der Waals surface area contributed by atoms with Crippen LogP contribution >= 0.6 is 22.9 Å². The van der Waals surface area contributed by atoms with Crippen LogP contribution in [0.4, 0.5) is 22.2 Å². The monoisotopic (exact) mass is 576 g/mol. The van der Waals surface area contributed by atoms with Crippen LogP contribution in [0.2, 0.25) is 0 Å². The molecule has 0 atom stereocenters. The number of carbonyl (C=O) groups excluding carboxylic acids is 3. The summed E-state index contributed by atoms with van der Waals surface area (Å²) in [7, 11) is 1.43. The maximum absolute atomic E-state index is 13.1. The van der Waals surface area contributed by atoms with E-state index in [1.807, 2.05) is 0 Å². The molecule has 1 aliphatic rings. The number of amides is 3. The van der Waals surface area contributed by atoms with Gasteiger partial charge in [-0.25, -0.2) is 9.88 Å². The molecule has 2 heterocycles. The van der Waals surface area contributed by atoms with Crippen LogP contribution in [0.25, 0.3) is 11.3 Å². The maximum Gasteiger partial charge on any atom is 0.283 e. The first-order valence-corrected chi connectivity index (χ1v) is 12.8. The summed E-state index contributed by atoms with van der Waals surface area (Å²) in [5.41, 5.74) is 2.08. The molecule has 0 saturated heterocycles. The zero-order valence-corrected chi connectivity index (χ0v) is 22.2. The number of rotatable bonds is 8. The number of anilines is 4. The Balaban J connectivity index is 1.26. The second kappa shape index (κ2) is 11.2. The summed E-state index contributed by atoms with van der Waals surface area (Å²) < 4.78 is 5.27. The third-order valence-corrected chi connectivity index (χ3v) is 6.97. The topological polar surface area (TPSA) is 147 Å². The van der Waals surface area contributed by atoms with Gasteiger partial charge in [0.25, 0.3) is 17.7 Å². The average Bonchev–Trinajstić information content (AvgIpc) is 3.51. The van der Waals surface area contributed by atoms with Gasteiger partial charge in [-0.1, -0.05) is 35.9 Å². The highest BCUT2D eigenvalue weighted by Crippen LogP contribution is 2.35. The normalized spacial score (nSPS) is 13.1. The summed E-state index contributed by atoms with van der Waals surface area (Å²) in [6.45, 7) is 0. The number of ether oxygens (including phenoxy) is 1. The molecule has 202 valence electrons. The highest BCUT2D eigenvalue weighted by molar-refractivity contribution is 7.14. The van der Waals surface area contributed by atoms with E-state index < -0.39 is 17.7 Å². The second-order valence-electron chi connectivity index (χ2n) is 8.32. The number of carbonyl (C=O) groups is 3. The van der Waals surface area contributed by atoms with Crippen molar-refractivity contribution >= 4 is 62.9 Å². The first-order valence-electron chi connectivity index (χ1n) is 11.6. The number of methoxy groups -OCH3 is 1. The van der Waals surface area contributed by atoms with E-state index in [9.17, 15) is 19.6 Å². The molecule has 0 bridgehead atoms. The lowest BCUT2D eigenvalue weighted by Gasteiger charge is -2.21. The zero-order valence-electron chi connectivity index (χ0n) is 20.6. The minimum atomic E-state index is -0.689. The first-order chi connectivity index (χ1) is 19.3. The molecule has 11 nitrogen and oxygen atoms in total.